The summed E-state index contributed by atoms with van der Waals surface area (Å²) in [5.74, 6) is -0.249. The third-order valence-corrected chi connectivity index (χ3v) is 2.12. The van der Waals surface area contributed by atoms with Gasteiger partial charge in [-0.2, -0.15) is 5.26 Å². The lowest BCUT2D eigenvalue weighted by molar-refractivity contribution is -0.129. The molecule has 1 N–H and O–H groups in total. The molecule has 0 aliphatic carbocycles. The molecule has 5 heteroatoms. The van der Waals surface area contributed by atoms with Crippen LogP contribution in [-0.4, -0.2) is 48.3 Å². The SMILES string of the molecule is CO[C@@H]1CN(C(=O)CC#N)C[C@@H]1O. The van der Waals surface area contributed by atoms with Gasteiger partial charge in [0.25, 0.3) is 0 Å². The Morgan fingerprint density at radius 3 is 2.92 bits per heavy atom. The average Bonchev–Trinajstić information content (AvgIpc) is 2.47. The lowest BCUT2D eigenvalue weighted by Crippen LogP contribution is -2.29. The highest BCUT2D eigenvalue weighted by Gasteiger charge is 2.33. The van der Waals surface area contributed by atoms with Gasteiger partial charge in [0.15, 0.2) is 0 Å². The Balaban J connectivity index is 2.49. The van der Waals surface area contributed by atoms with Gasteiger partial charge in [-0.05, 0) is 0 Å². The zero-order valence-corrected chi connectivity index (χ0v) is 7.43. The zero-order valence-electron chi connectivity index (χ0n) is 7.43. The van der Waals surface area contributed by atoms with Gasteiger partial charge in [-0.3, -0.25) is 4.79 Å². The van der Waals surface area contributed by atoms with E-state index in [4.69, 9.17) is 10.00 Å². The van der Waals surface area contributed by atoms with Gasteiger partial charge in [-0.25, -0.2) is 0 Å². The number of rotatable bonds is 2. The molecule has 0 aromatic carbocycles. The number of hydrogen-bond donors (Lipinski definition) is 1. The van der Waals surface area contributed by atoms with Crippen LogP contribution in [0.5, 0.6) is 0 Å². The van der Waals surface area contributed by atoms with Crippen molar-refractivity contribution >= 4 is 5.91 Å². The summed E-state index contributed by atoms with van der Waals surface area (Å²) in [6.45, 7) is 0.636. The number of aliphatic hydroxyl groups is 1. The van der Waals surface area contributed by atoms with E-state index in [9.17, 15) is 9.90 Å². The van der Waals surface area contributed by atoms with Crippen LogP contribution in [0.3, 0.4) is 0 Å². The number of aliphatic hydroxyl groups excluding tert-OH is 1. The van der Waals surface area contributed by atoms with Crippen molar-refractivity contribution in [2.75, 3.05) is 20.2 Å². The molecule has 0 aromatic rings. The van der Waals surface area contributed by atoms with Crippen molar-refractivity contribution in [1.82, 2.24) is 4.90 Å². The Kier molecular flexibility index (Phi) is 3.23. The fourth-order valence-corrected chi connectivity index (χ4v) is 1.37. The predicted molar refractivity (Wildman–Crippen MR) is 43.6 cm³/mol. The monoisotopic (exact) mass is 184 g/mol. The third kappa shape index (κ3) is 2.17. The maximum Gasteiger partial charge on any atom is 0.236 e. The summed E-state index contributed by atoms with van der Waals surface area (Å²) in [5.41, 5.74) is 0. The molecule has 1 amide bonds. The van der Waals surface area contributed by atoms with Crippen molar-refractivity contribution in [2.45, 2.75) is 18.6 Å². The lowest BCUT2D eigenvalue weighted by atomic mass is 10.3. The largest absolute Gasteiger partial charge is 0.388 e. The summed E-state index contributed by atoms with van der Waals surface area (Å²) in [5, 5.41) is 17.7. The number of ether oxygens (including phenoxy) is 1. The second-order valence-corrected chi connectivity index (χ2v) is 2.98. The maximum absolute atomic E-state index is 11.2. The molecule has 0 aromatic heterocycles. The van der Waals surface area contributed by atoms with E-state index in [-0.39, 0.29) is 25.0 Å². The summed E-state index contributed by atoms with van der Waals surface area (Å²) in [6.07, 6.45) is -1.08. The smallest absolute Gasteiger partial charge is 0.236 e. The molecule has 0 saturated carbocycles. The van der Waals surface area contributed by atoms with Gasteiger partial charge >= 0.3 is 0 Å². The molecule has 2 atom stereocenters. The standard InChI is InChI=1S/C8H12N2O3/c1-13-7-5-10(4-6(7)11)8(12)2-3-9/h6-7,11H,2,4-5H2,1H3/t6-,7+/m0/s1. The molecule has 0 spiro atoms. The molecule has 72 valence electrons. The molecule has 1 fully saturated rings. The first-order valence-electron chi connectivity index (χ1n) is 4.04. The molecule has 13 heavy (non-hydrogen) atoms. The Hall–Kier alpha value is -1.12. The predicted octanol–water partition coefficient (Wildman–Crippen LogP) is -0.882. The topological polar surface area (TPSA) is 73.6 Å². The van der Waals surface area contributed by atoms with Gasteiger partial charge in [0.2, 0.25) is 5.91 Å². The van der Waals surface area contributed by atoms with Crippen LogP contribution in [0.15, 0.2) is 0 Å². The maximum atomic E-state index is 11.2. The van der Waals surface area contributed by atoms with Crippen LogP contribution >= 0.6 is 0 Å². The Morgan fingerprint density at radius 1 is 1.77 bits per heavy atom. The first kappa shape index (κ1) is 9.96. The molecule has 1 heterocycles. The molecule has 5 nitrogen and oxygen atoms in total. The second-order valence-electron chi connectivity index (χ2n) is 2.98. The van der Waals surface area contributed by atoms with E-state index < -0.39 is 6.10 Å². The molecule has 1 saturated heterocycles. The first-order valence-corrected chi connectivity index (χ1v) is 4.04. The molecular formula is C8H12N2O3. The van der Waals surface area contributed by atoms with Gasteiger partial charge in [0, 0.05) is 20.2 Å². The number of carbonyl (C=O) groups excluding carboxylic acids is 1. The van der Waals surface area contributed by atoms with Crippen molar-refractivity contribution in [3.05, 3.63) is 0 Å². The quantitative estimate of drug-likeness (QED) is 0.604. The van der Waals surface area contributed by atoms with E-state index >= 15 is 0 Å². The highest BCUT2D eigenvalue weighted by atomic mass is 16.5. The van der Waals surface area contributed by atoms with E-state index in [0.29, 0.717) is 6.54 Å². The van der Waals surface area contributed by atoms with Gasteiger partial charge in [0.05, 0.1) is 12.2 Å². The van der Waals surface area contributed by atoms with Crippen molar-refractivity contribution in [2.24, 2.45) is 0 Å². The van der Waals surface area contributed by atoms with Crippen LogP contribution in [0.25, 0.3) is 0 Å². The van der Waals surface area contributed by atoms with Crippen LogP contribution < -0.4 is 0 Å². The summed E-state index contributed by atoms with van der Waals surface area (Å²) >= 11 is 0. The Labute approximate surface area is 76.5 Å². The number of carbonyl (C=O) groups is 1. The van der Waals surface area contributed by atoms with Crippen molar-refractivity contribution < 1.29 is 14.6 Å². The van der Waals surface area contributed by atoms with E-state index in [1.165, 1.54) is 12.0 Å². The van der Waals surface area contributed by atoms with E-state index in [0.717, 1.165) is 0 Å². The number of methoxy groups -OCH3 is 1. The summed E-state index contributed by atoms with van der Waals surface area (Å²) < 4.78 is 4.96. The number of nitrogens with zero attached hydrogens (tertiary/aromatic N) is 2. The fraction of sp³-hybridized carbons (Fsp3) is 0.750. The van der Waals surface area contributed by atoms with Crippen LogP contribution in [-0.2, 0) is 9.53 Å². The van der Waals surface area contributed by atoms with Gasteiger partial charge in [-0.15, -0.1) is 0 Å². The van der Waals surface area contributed by atoms with Gasteiger partial charge in [0.1, 0.15) is 12.5 Å². The number of β-amino-alcohol motifs (C(OH)–C–C–N with tert-alkyl or cyclic N) is 1. The van der Waals surface area contributed by atoms with Crippen molar-refractivity contribution in [1.29, 1.82) is 5.26 Å². The molecule has 0 radical (unpaired) electrons. The van der Waals surface area contributed by atoms with Crippen molar-refractivity contribution in [3.63, 3.8) is 0 Å². The Bertz CT molecular complexity index is 236. The molecule has 1 aliphatic heterocycles. The average molecular weight is 184 g/mol. The summed E-state index contributed by atoms with van der Waals surface area (Å²) in [7, 11) is 1.49. The number of likely N-dealkylation sites (tertiary alicyclic amines) is 1. The van der Waals surface area contributed by atoms with Crippen LogP contribution in [0.4, 0.5) is 0 Å². The highest BCUT2D eigenvalue weighted by Crippen LogP contribution is 2.13. The van der Waals surface area contributed by atoms with Crippen LogP contribution in [0.2, 0.25) is 0 Å². The van der Waals surface area contributed by atoms with Gasteiger partial charge < -0.3 is 14.7 Å². The van der Waals surface area contributed by atoms with E-state index in [1.54, 1.807) is 6.07 Å². The van der Waals surface area contributed by atoms with Crippen LogP contribution in [0.1, 0.15) is 6.42 Å². The summed E-state index contributed by atoms with van der Waals surface area (Å²) in [4.78, 5) is 12.6. The lowest BCUT2D eigenvalue weighted by Gasteiger charge is -2.13. The molecular weight excluding hydrogens is 172 g/mol. The summed E-state index contributed by atoms with van der Waals surface area (Å²) in [6, 6.07) is 1.78. The molecule has 0 unspecified atom stereocenters. The minimum absolute atomic E-state index is 0.136. The van der Waals surface area contributed by atoms with Crippen molar-refractivity contribution in [3.8, 4) is 6.07 Å². The second kappa shape index (κ2) is 4.21. The molecule has 0 bridgehead atoms. The fourth-order valence-electron chi connectivity index (χ4n) is 1.37. The van der Waals surface area contributed by atoms with Crippen LogP contribution in [0, 0.1) is 11.3 Å². The van der Waals surface area contributed by atoms with E-state index in [2.05, 4.69) is 0 Å². The highest BCUT2D eigenvalue weighted by molar-refractivity contribution is 5.78. The molecule has 1 aliphatic rings. The van der Waals surface area contributed by atoms with E-state index in [1.807, 2.05) is 0 Å². The number of amides is 1. The first-order chi connectivity index (χ1) is 6.19. The minimum atomic E-state index is -0.632. The molecule has 1 rings (SSSR count). The minimum Gasteiger partial charge on any atom is -0.388 e. The normalized spacial score (nSPS) is 27.3. The Morgan fingerprint density at radius 2 is 2.46 bits per heavy atom. The zero-order chi connectivity index (χ0) is 9.84. The number of hydrogen-bond acceptors (Lipinski definition) is 4. The van der Waals surface area contributed by atoms with Gasteiger partial charge in [-0.1, -0.05) is 0 Å². The third-order valence-electron chi connectivity index (χ3n) is 2.12. The number of nitriles is 1.